The maximum atomic E-state index is 12.3. The van der Waals surface area contributed by atoms with Crippen molar-refractivity contribution in [2.75, 3.05) is 13.1 Å². The summed E-state index contributed by atoms with van der Waals surface area (Å²) in [6.07, 6.45) is 1.88. The zero-order valence-corrected chi connectivity index (χ0v) is 11.6. The lowest BCUT2D eigenvalue weighted by molar-refractivity contribution is -0.385. The number of hydrogen-bond acceptors (Lipinski definition) is 5. The van der Waals surface area contributed by atoms with Crippen LogP contribution in [0.5, 0.6) is 0 Å². The Morgan fingerprint density at radius 3 is 2.57 bits per heavy atom. The Balaban J connectivity index is 2.20. The molecule has 1 aromatic heterocycles. The van der Waals surface area contributed by atoms with Crippen LogP contribution < -0.4 is 0 Å². The van der Waals surface area contributed by atoms with Crippen LogP contribution in [0.25, 0.3) is 0 Å². The molecule has 112 valence electrons. The van der Waals surface area contributed by atoms with Crippen molar-refractivity contribution in [1.29, 1.82) is 0 Å². The van der Waals surface area contributed by atoms with Crippen molar-refractivity contribution in [2.45, 2.75) is 12.8 Å². The molecule has 0 unspecified atom stereocenters. The van der Waals surface area contributed by atoms with Gasteiger partial charge in [-0.1, -0.05) is 11.6 Å². The maximum Gasteiger partial charge on any atom is 0.319 e. The number of halogens is 1. The Hall–Kier alpha value is -2.22. The first-order valence-electron chi connectivity index (χ1n) is 6.22. The van der Waals surface area contributed by atoms with Crippen LogP contribution in [0.3, 0.4) is 0 Å². The number of piperidine rings is 1. The molecule has 2 heterocycles. The summed E-state index contributed by atoms with van der Waals surface area (Å²) in [5, 5.41) is 19.6. The highest BCUT2D eigenvalue weighted by Crippen LogP contribution is 2.28. The number of amides is 1. The Kier molecular flexibility index (Phi) is 4.37. The Morgan fingerprint density at radius 1 is 1.43 bits per heavy atom. The van der Waals surface area contributed by atoms with E-state index in [2.05, 4.69) is 4.98 Å². The summed E-state index contributed by atoms with van der Waals surface area (Å²) in [7, 11) is 0. The molecule has 1 aliphatic heterocycles. The monoisotopic (exact) mass is 313 g/mol. The second kappa shape index (κ2) is 6.04. The number of hydrogen-bond donors (Lipinski definition) is 1. The van der Waals surface area contributed by atoms with E-state index < -0.39 is 28.4 Å². The molecule has 0 saturated carbocycles. The van der Waals surface area contributed by atoms with E-state index in [0.29, 0.717) is 12.8 Å². The van der Waals surface area contributed by atoms with Gasteiger partial charge in [0, 0.05) is 19.3 Å². The lowest BCUT2D eigenvalue weighted by Crippen LogP contribution is -2.40. The van der Waals surface area contributed by atoms with E-state index in [4.69, 9.17) is 16.7 Å². The van der Waals surface area contributed by atoms with Crippen molar-refractivity contribution in [3.8, 4) is 0 Å². The van der Waals surface area contributed by atoms with Crippen molar-refractivity contribution in [2.24, 2.45) is 5.92 Å². The number of nitrogens with zero attached hydrogens (tertiary/aromatic N) is 3. The van der Waals surface area contributed by atoms with E-state index in [1.54, 1.807) is 0 Å². The number of carbonyl (C=O) groups excluding carboxylic acids is 1. The van der Waals surface area contributed by atoms with Crippen molar-refractivity contribution in [3.63, 3.8) is 0 Å². The summed E-state index contributed by atoms with van der Waals surface area (Å²) in [5.74, 6) is -1.90. The van der Waals surface area contributed by atoms with Gasteiger partial charge in [0.25, 0.3) is 5.91 Å². The summed E-state index contributed by atoms with van der Waals surface area (Å²) in [4.78, 5) is 38.5. The predicted octanol–water partition coefficient (Wildman–Crippen LogP) is 1.58. The maximum absolute atomic E-state index is 12.3. The van der Waals surface area contributed by atoms with Gasteiger partial charge in [0.15, 0.2) is 0 Å². The molecule has 0 atom stereocenters. The van der Waals surface area contributed by atoms with Crippen LogP contribution in [0.4, 0.5) is 5.69 Å². The molecule has 1 fully saturated rings. The molecule has 2 rings (SSSR count). The highest BCUT2D eigenvalue weighted by molar-refractivity contribution is 6.32. The van der Waals surface area contributed by atoms with Crippen LogP contribution in [0.1, 0.15) is 23.2 Å². The number of carbonyl (C=O) groups is 2. The molecule has 0 aliphatic carbocycles. The first-order chi connectivity index (χ1) is 9.91. The van der Waals surface area contributed by atoms with E-state index in [-0.39, 0.29) is 23.8 Å². The van der Waals surface area contributed by atoms with Crippen LogP contribution in [0.15, 0.2) is 12.3 Å². The Labute approximate surface area is 124 Å². The second-order valence-corrected chi connectivity index (χ2v) is 5.02. The summed E-state index contributed by atoms with van der Waals surface area (Å²) in [6.45, 7) is 0.486. The van der Waals surface area contributed by atoms with Gasteiger partial charge in [-0.25, -0.2) is 4.98 Å². The molecule has 8 nitrogen and oxygen atoms in total. The summed E-state index contributed by atoms with van der Waals surface area (Å²) >= 11 is 5.67. The molecule has 0 radical (unpaired) electrons. The standard InChI is InChI=1S/C12H12ClN3O5/c13-10-9(16(20)21)8(1-4-14-10)11(17)15-5-2-7(3-6-15)12(18)19/h1,4,7H,2-3,5-6H2,(H,18,19). The zero-order valence-electron chi connectivity index (χ0n) is 10.9. The molecular formula is C12H12ClN3O5. The number of likely N-dealkylation sites (tertiary alicyclic amines) is 1. The fourth-order valence-corrected chi connectivity index (χ4v) is 2.50. The molecule has 1 aromatic rings. The number of aromatic nitrogens is 1. The van der Waals surface area contributed by atoms with Gasteiger partial charge in [-0.15, -0.1) is 0 Å². The van der Waals surface area contributed by atoms with Gasteiger partial charge in [0.2, 0.25) is 5.15 Å². The van der Waals surface area contributed by atoms with Crippen LogP contribution in [-0.4, -0.2) is 44.9 Å². The quantitative estimate of drug-likeness (QED) is 0.515. The fraction of sp³-hybridized carbons (Fsp3) is 0.417. The highest BCUT2D eigenvalue weighted by atomic mass is 35.5. The molecule has 9 heteroatoms. The number of nitro groups is 1. The van der Waals surface area contributed by atoms with Gasteiger partial charge in [-0.05, 0) is 18.9 Å². The van der Waals surface area contributed by atoms with Gasteiger partial charge in [-0.3, -0.25) is 19.7 Å². The lowest BCUT2D eigenvalue weighted by Gasteiger charge is -2.30. The first-order valence-corrected chi connectivity index (χ1v) is 6.60. The zero-order chi connectivity index (χ0) is 15.6. The molecular weight excluding hydrogens is 302 g/mol. The van der Waals surface area contributed by atoms with Gasteiger partial charge < -0.3 is 10.0 Å². The third-order valence-corrected chi connectivity index (χ3v) is 3.70. The minimum Gasteiger partial charge on any atom is -0.481 e. The topological polar surface area (TPSA) is 114 Å². The van der Waals surface area contributed by atoms with Crippen LogP contribution in [0.2, 0.25) is 5.15 Å². The van der Waals surface area contributed by atoms with E-state index in [1.807, 2.05) is 0 Å². The van der Waals surface area contributed by atoms with Crippen LogP contribution in [0, 0.1) is 16.0 Å². The Bertz CT molecular complexity index is 599. The van der Waals surface area contributed by atoms with E-state index in [1.165, 1.54) is 17.2 Å². The van der Waals surface area contributed by atoms with Gasteiger partial charge in [-0.2, -0.15) is 0 Å². The lowest BCUT2D eigenvalue weighted by atomic mass is 9.96. The third-order valence-electron chi connectivity index (χ3n) is 3.42. The minimum atomic E-state index is -0.889. The summed E-state index contributed by atoms with van der Waals surface area (Å²) < 4.78 is 0. The Morgan fingerprint density at radius 2 is 2.05 bits per heavy atom. The summed E-state index contributed by atoms with van der Waals surface area (Å²) in [5.41, 5.74) is -0.654. The van der Waals surface area contributed by atoms with Crippen molar-refractivity contribution in [3.05, 3.63) is 33.1 Å². The molecule has 0 bridgehead atoms. The van der Waals surface area contributed by atoms with Crippen molar-refractivity contribution < 1.29 is 19.6 Å². The van der Waals surface area contributed by atoms with Crippen molar-refractivity contribution in [1.82, 2.24) is 9.88 Å². The normalized spacial score (nSPS) is 15.8. The van der Waals surface area contributed by atoms with Gasteiger partial charge >= 0.3 is 11.7 Å². The van der Waals surface area contributed by atoms with Crippen LogP contribution >= 0.6 is 11.6 Å². The van der Waals surface area contributed by atoms with Gasteiger partial charge in [0.05, 0.1) is 10.8 Å². The van der Waals surface area contributed by atoms with E-state index in [9.17, 15) is 19.7 Å². The molecule has 21 heavy (non-hydrogen) atoms. The van der Waals surface area contributed by atoms with Gasteiger partial charge in [0.1, 0.15) is 5.56 Å². The first kappa shape index (κ1) is 15.2. The average Bonchev–Trinajstić information content (AvgIpc) is 2.46. The molecule has 1 N–H and O–H groups in total. The molecule has 1 aliphatic rings. The smallest absolute Gasteiger partial charge is 0.319 e. The molecule has 1 amide bonds. The molecule has 0 aromatic carbocycles. The summed E-state index contributed by atoms with van der Waals surface area (Å²) in [6, 6.07) is 1.25. The minimum absolute atomic E-state index is 0.131. The second-order valence-electron chi connectivity index (χ2n) is 4.66. The predicted molar refractivity (Wildman–Crippen MR) is 72.2 cm³/mol. The van der Waals surface area contributed by atoms with Crippen molar-refractivity contribution >= 4 is 29.2 Å². The molecule has 0 spiro atoms. The highest BCUT2D eigenvalue weighted by Gasteiger charge is 2.32. The number of pyridine rings is 1. The van der Waals surface area contributed by atoms with Crippen LogP contribution in [-0.2, 0) is 4.79 Å². The third kappa shape index (κ3) is 3.10. The number of carboxylic acids is 1. The molecule has 1 saturated heterocycles. The van der Waals surface area contributed by atoms with E-state index in [0.717, 1.165) is 0 Å². The van der Waals surface area contributed by atoms with E-state index >= 15 is 0 Å². The number of rotatable bonds is 3. The number of aliphatic carboxylic acids is 1. The SMILES string of the molecule is O=C(O)C1CCN(C(=O)c2ccnc(Cl)c2[N+](=O)[O-])CC1. The largest absolute Gasteiger partial charge is 0.481 e. The fourth-order valence-electron chi connectivity index (χ4n) is 2.27. The average molecular weight is 314 g/mol. The number of carboxylic acid groups (broad SMARTS) is 1.